The van der Waals surface area contributed by atoms with Crippen LogP contribution < -0.4 is 5.32 Å². The number of hydrogen-bond donors (Lipinski definition) is 1. The minimum atomic E-state index is -0.892. The van der Waals surface area contributed by atoms with Crippen LogP contribution in [0, 0.1) is 5.92 Å². The Bertz CT molecular complexity index is 387. The Labute approximate surface area is 99.9 Å². The number of hydrogen-bond acceptors (Lipinski definition) is 2. The van der Waals surface area contributed by atoms with Gasteiger partial charge in [0.15, 0.2) is 0 Å². The van der Waals surface area contributed by atoms with Crippen molar-refractivity contribution < 1.29 is 4.21 Å². The summed E-state index contributed by atoms with van der Waals surface area (Å²) in [5.74, 6) is 0.936. The molecule has 1 aliphatic rings. The van der Waals surface area contributed by atoms with Gasteiger partial charge in [0.2, 0.25) is 0 Å². The average Bonchev–Trinajstić information content (AvgIpc) is 3.01. The van der Waals surface area contributed by atoms with E-state index in [0.717, 1.165) is 16.5 Å². The topological polar surface area (TPSA) is 29.1 Å². The largest absolute Gasteiger partial charge is 0.383 e. The van der Waals surface area contributed by atoms with Crippen molar-refractivity contribution in [2.75, 3.05) is 11.6 Å². The first-order valence-corrected chi connectivity index (χ1v) is 7.41. The van der Waals surface area contributed by atoms with Crippen molar-refractivity contribution in [3.63, 3.8) is 0 Å². The molecule has 0 radical (unpaired) electrons. The zero-order valence-electron chi connectivity index (χ0n) is 9.90. The second kappa shape index (κ2) is 5.00. The van der Waals surface area contributed by atoms with Gasteiger partial charge in [-0.25, -0.2) is 0 Å². The van der Waals surface area contributed by atoms with E-state index in [4.69, 9.17) is 0 Å². The predicted octanol–water partition coefficient (Wildman–Crippen LogP) is 3.02. The highest BCUT2D eigenvalue weighted by atomic mass is 32.2. The van der Waals surface area contributed by atoms with E-state index in [2.05, 4.69) is 12.2 Å². The Balaban J connectivity index is 1.96. The maximum atomic E-state index is 11.4. The Morgan fingerprint density at radius 1 is 1.50 bits per heavy atom. The summed E-state index contributed by atoms with van der Waals surface area (Å²) in [6, 6.07) is 8.41. The summed E-state index contributed by atoms with van der Waals surface area (Å²) in [6.07, 6.45) is 5.75. The molecule has 0 bridgehead atoms. The van der Waals surface area contributed by atoms with Crippen LogP contribution in [0.4, 0.5) is 5.69 Å². The lowest BCUT2D eigenvalue weighted by Gasteiger charge is -2.15. The van der Waals surface area contributed by atoms with Crippen LogP contribution in [0.3, 0.4) is 0 Å². The Morgan fingerprint density at radius 3 is 2.88 bits per heavy atom. The molecule has 3 heteroatoms. The molecule has 0 heterocycles. The minimum absolute atomic E-state index is 0.507. The first-order chi connectivity index (χ1) is 7.65. The minimum Gasteiger partial charge on any atom is -0.383 e. The van der Waals surface area contributed by atoms with Crippen molar-refractivity contribution in [1.82, 2.24) is 0 Å². The number of anilines is 1. The van der Waals surface area contributed by atoms with Crippen LogP contribution >= 0.6 is 0 Å². The van der Waals surface area contributed by atoms with Crippen LogP contribution in [0.1, 0.15) is 26.2 Å². The number of nitrogens with one attached hydrogen (secondary N) is 1. The lowest BCUT2D eigenvalue weighted by Crippen LogP contribution is -2.15. The lowest BCUT2D eigenvalue weighted by molar-refractivity contribution is 0.642. The second-order valence-corrected chi connectivity index (χ2v) is 6.09. The highest BCUT2D eigenvalue weighted by molar-refractivity contribution is 7.84. The lowest BCUT2D eigenvalue weighted by atomic mass is 10.1. The van der Waals surface area contributed by atoms with Gasteiger partial charge in [0, 0.05) is 33.7 Å². The molecule has 0 saturated heterocycles. The third-order valence-electron chi connectivity index (χ3n) is 2.96. The fourth-order valence-corrected chi connectivity index (χ4v) is 2.52. The van der Waals surface area contributed by atoms with E-state index in [-0.39, 0.29) is 0 Å². The van der Waals surface area contributed by atoms with Gasteiger partial charge in [0.05, 0.1) is 0 Å². The molecule has 1 saturated carbocycles. The van der Waals surface area contributed by atoms with Crippen molar-refractivity contribution in [1.29, 1.82) is 0 Å². The van der Waals surface area contributed by atoms with Gasteiger partial charge in [-0.05, 0) is 37.5 Å². The van der Waals surface area contributed by atoms with Gasteiger partial charge in [0.1, 0.15) is 0 Å². The summed E-state index contributed by atoms with van der Waals surface area (Å²) in [6.45, 7) is 2.22. The number of benzene rings is 1. The van der Waals surface area contributed by atoms with Crippen LogP contribution in [0.2, 0.25) is 0 Å². The van der Waals surface area contributed by atoms with Gasteiger partial charge in [-0.2, -0.15) is 0 Å². The van der Waals surface area contributed by atoms with Crippen molar-refractivity contribution in [2.45, 2.75) is 37.1 Å². The number of rotatable bonds is 5. The fourth-order valence-electron chi connectivity index (χ4n) is 1.96. The molecule has 88 valence electrons. The standard InChI is InChI=1S/C13H19NOS/c1-10(8-11-6-7-11)14-12-4-3-5-13(9-12)16(2)15/h3-5,9-11,14H,6-8H2,1-2H3. The monoisotopic (exact) mass is 237 g/mol. The Hall–Kier alpha value is -0.830. The molecule has 0 aromatic heterocycles. The van der Waals surface area contributed by atoms with Crippen LogP contribution in [-0.2, 0) is 10.8 Å². The van der Waals surface area contributed by atoms with E-state index in [0.29, 0.717) is 6.04 Å². The quantitative estimate of drug-likeness (QED) is 0.853. The van der Waals surface area contributed by atoms with Gasteiger partial charge in [-0.1, -0.05) is 18.9 Å². The van der Waals surface area contributed by atoms with E-state index >= 15 is 0 Å². The third kappa shape index (κ3) is 3.34. The highest BCUT2D eigenvalue weighted by Gasteiger charge is 2.23. The van der Waals surface area contributed by atoms with Gasteiger partial charge in [0.25, 0.3) is 0 Å². The van der Waals surface area contributed by atoms with E-state index in [9.17, 15) is 4.21 Å². The summed E-state index contributed by atoms with van der Waals surface area (Å²) in [5.41, 5.74) is 1.08. The summed E-state index contributed by atoms with van der Waals surface area (Å²) < 4.78 is 11.4. The average molecular weight is 237 g/mol. The summed E-state index contributed by atoms with van der Waals surface area (Å²) in [4.78, 5) is 0.892. The molecular formula is C13H19NOS. The molecule has 2 unspecified atom stereocenters. The predicted molar refractivity (Wildman–Crippen MR) is 69.2 cm³/mol. The van der Waals surface area contributed by atoms with E-state index < -0.39 is 10.8 Å². The van der Waals surface area contributed by atoms with Crippen molar-refractivity contribution in [3.05, 3.63) is 24.3 Å². The van der Waals surface area contributed by atoms with Gasteiger partial charge >= 0.3 is 0 Å². The Kier molecular flexibility index (Phi) is 3.64. The molecule has 1 aliphatic carbocycles. The fraction of sp³-hybridized carbons (Fsp3) is 0.538. The van der Waals surface area contributed by atoms with E-state index in [1.165, 1.54) is 19.3 Å². The first kappa shape index (κ1) is 11.6. The maximum absolute atomic E-state index is 11.4. The van der Waals surface area contributed by atoms with Crippen LogP contribution in [-0.4, -0.2) is 16.5 Å². The molecule has 1 aromatic carbocycles. The van der Waals surface area contributed by atoms with Crippen molar-refractivity contribution in [2.24, 2.45) is 5.92 Å². The molecule has 2 nitrogen and oxygen atoms in total. The molecular weight excluding hydrogens is 218 g/mol. The zero-order valence-corrected chi connectivity index (χ0v) is 10.7. The van der Waals surface area contributed by atoms with Crippen LogP contribution in [0.15, 0.2) is 29.2 Å². The molecule has 2 rings (SSSR count). The molecule has 0 spiro atoms. The third-order valence-corrected chi connectivity index (χ3v) is 3.88. The molecule has 16 heavy (non-hydrogen) atoms. The van der Waals surface area contributed by atoms with E-state index in [1.54, 1.807) is 6.26 Å². The second-order valence-electron chi connectivity index (χ2n) is 4.71. The maximum Gasteiger partial charge on any atom is 0.0498 e. The molecule has 1 N–H and O–H groups in total. The van der Waals surface area contributed by atoms with Gasteiger partial charge in [-0.15, -0.1) is 0 Å². The van der Waals surface area contributed by atoms with Crippen LogP contribution in [0.25, 0.3) is 0 Å². The van der Waals surface area contributed by atoms with Gasteiger partial charge in [-0.3, -0.25) is 4.21 Å². The van der Waals surface area contributed by atoms with Crippen molar-refractivity contribution >= 4 is 16.5 Å². The van der Waals surface area contributed by atoms with E-state index in [1.807, 2.05) is 24.3 Å². The van der Waals surface area contributed by atoms with Crippen LogP contribution in [0.5, 0.6) is 0 Å². The summed E-state index contributed by atoms with van der Waals surface area (Å²) in [5, 5.41) is 3.47. The highest BCUT2D eigenvalue weighted by Crippen LogP contribution is 2.34. The molecule has 2 atom stereocenters. The smallest absolute Gasteiger partial charge is 0.0498 e. The molecule has 1 aromatic rings. The Morgan fingerprint density at radius 2 is 2.25 bits per heavy atom. The summed E-state index contributed by atoms with van der Waals surface area (Å²) in [7, 11) is -0.892. The normalized spacial score (nSPS) is 19.1. The molecule has 1 fully saturated rings. The zero-order chi connectivity index (χ0) is 11.5. The van der Waals surface area contributed by atoms with Gasteiger partial charge < -0.3 is 5.32 Å². The first-order valence-electron chi connectivity index (χ1n) is 5.85. The summed E-state index contributed by atoms with van der Waals surface area (Å²) >= 11 is 0. The van der Waals surface area contributed by atoms with Crippen molar-refractivity contribution in [3.8, 4) is 0 Å². The SMILES string of the molecule is CC(CC1CC1)Nc1cccc(S(C)=O)c1. The molecule has 0 amide bonds. The molecule has 0 aliphatic heterocycles.